The summed E-state index contributed by atoms with van der Waals surface area (Å²) in [6.45, 7) is 8.25. The maximum atomic E-state index is 11.0. The minimum atomic E-state index is -0.196. The SMILES string of the molecule is CC1(C)SC(C)(C)C1C(=O)Cl. The molecule has 0 aliphatic carbocycles. The molecule has 0 saturated carbocycles. The molecule has 1 nitrogen and oxygen atoms in total. The molecule has 0 aromatic carbocycles. The summed E-state index contributed by atoms with van der Waals surface area (Å²) in [5.74, 6) is 0.00154. The number of carbonyl (C=O) groups is 1. The van der Waals surface area contributed by atoms with Crippen LogP contribution in [0.25, 0.3) is 0 Å². The van der Waals surface area contributed by atoms with Gasteiger partial charge < -0.3 is 0 Å². The molecule has 0 aromatic rings. The average Bonchev–Trinajstić information content (AvgIpc) is 1.53. The number of carbonyl (C=O) groups excluding carboxylic acids is 1. The Morgan fingerprint density at radius 3 is 1.73 bits per heavy atom. The van der Waals surface area contributed by atoms with Gasteiger partial charge in [-0.05, 0) is 39.3 Å². The molecule has 64 valence electrons. The summed E-state index contributed by atoms with van der Waals surface area (Å²) in [6.07, 6.45) is 0. The first-order valence-corrected chi connectivity index (χ1v) is 4.86. The van der Waals surface area contributed by atoms with E-state index >= 15 is 0 Å². The van der Waals surface area contributed by atoms with E-state index in [1.807, 2.05) is 11.8 Å². The number of halogens is 1. The van der Waals surface area contributed by atoms with E-state index in [0.29, 0.717) is 0 Å². The molecular formula is C8H13ClOS. The molecule has 0 aromatic heterocycles. The van der Waals surface area contributed by atoms with Crippen LogP contribution in [0.3, 0.4) is 0 Å². The van der Waals surface area contributed by atoms with Crippen molar-refractivity contribution < 1.29 is 4.79 Å². The molecule has 1 fully saturated rings. The van der Waals surface area contributed by atoms with Gasteiger partial charge in [0.2, 0.25) is 5.24 Å². The Labute approximate surface area is 76.9 Å². The summed E-state index contributed by atoms with van der Waals surface area (Å²) in [5, 5.41) is -0.196. The van der Waals surface area contributed by atoms with Crippen LogP contribution < -0.4 is 0 Å². The third kappa shape index (κ3) is 1.43. The molecule has 0 spiro atoms. The van der Waals surface area contributed by atoms with Crippen molar-refractivity contribution in [2.45, 2.75) is 37.2 Å². The fraction of sp³-hybridized carbons (Fsp3) is 0.875. The molecular weight excluding hydrogens is 180 g/mol. The molecule has 11 heavy (non-hydrogen) atoms. The summed E-state index contributed by atoms with van der Waals surface area (Å²) < 4.78 is 0.0602. The quantitative estimate of drug-likeness (QED) is 0.595. The molecule has 0 amide bonds. The average molecular weight is 193 g/mol. The van der Waals surface area contributed by atoms with Gasteiger partial charge in [0.05, 0.1) is 5.92 Å². The van der Waals surface area contributed by atoms with E-state index in [9.17, 15) is 4.79 Å². The highest BCUT2D eigenvalue weighted by Crippen LogP contribution is 2.59. The summed E-state index contributed by atoms with van der Waals surface area (Å²) in [4.78, 5) is 11.0. The molecule has 1 heterocycles. The van der Waals surface area contributed by atoms with Crippen LogP contribution in [-0.4, -0.2) is 14.7 Å². The second-order valence-electron chi connectivity index (χ2n) is 4.05. The van der Waals surface area contributed by atoms with E-state index in [1.54, 1.807) is 0 Å². The van der Waals surface area contributed by atoms with E-state index < -0.39 is 0 Å². The largest absolute Gasteiger partial charge is 0.281 e. The summed E-state index contributed by atoms with van der Waals surface area (Å²) >= 11 is 7.32. The lowest BCUT2D eigenvalue weighted by atomic mass is 9.83. The second-order valence-corrected chi connectivity index (χ2v) is 6.73. The smallest absolute Gasteiger partial charge is 0.227 e. The molecule has 1 aliphatic rings. The molecule has 1 aliphatic heterocycles. The lowest BCUT2D eigenvalue weighted by Crippen LogP contribution is -2.56. The van der Waals surface area contributed by atoms with Crippen LogP contribution in [0.2, 0.25) is 0 Å². The Morgan fingerprint density at radius 2 is 1.64 bits per heavy atom. The minimum Gasteiger partial charge on any atom is -0.281 e. The lowest BCUT2D eigenvalue weighted by molar-refractivity contribution is -0.117. The summed E-state index contributed by atoms with van der Waals surface area (Å²) in [6, 6.07) is 0. The van der Waals surface area contributed by atoms with Crippen molar-refractivity contribution in [2.24, 2.45) is 5.92 Å². The van der Waals surface area contributed by atoms with E-state index in [0.717, 1.165) is 0 Å². The summed E-state index contributed by atoms with van der Waals surface area (Å²) in [5.41, 5.74) is 0. The molecule has 0 N–H and O–H groups in total. The van der Waals surface area contributed by atoms with Gasteiger partial charge in [0, 0.05) is 9.49 Å². The van der Waals surface area contributed by atoms with Crippen LogP contribution in [0, 0.1) is 5.92 Å². The Morgan fingerprint density at radius 1 is 1.27 bits per heavy atom. The highest BCUT2D eigenvalue weighted by Gasteiger charge is 2.57. The van der Waals surface area contributed by atoms with Crippen LogP contribution in [0.5, 0.6) is 0 Å². The highest BCUT2D eigenvalue weighted by atomic mass is 35.5. The van der Waals surface area contributed by atoms with Gasteiger partial charge in [-0.25, -0.2) is 0 Å². The van der Waals surface area contributed by atoms with Crippen molar-refractivity contribution >= 4 is 28.6 Å². The normalized spacial score (nSPS) is 27.7. The predicted molar refractivity (Wildman–Crippen MR) is 50.1 cm³/mol. The van der Waals surface area contributed by atoms with Crippen LogP contribution in [0.4, 0.5) is 0 Å². The van der Waals surface area contributed by atoms with Gasteiger partial charge in [0.15, 0.2) is 0 Å². The minimum absolute atomic E-state index is 0.00154. The fourth-order valence-electron chi connectivity index (χ4n) is 2.12. The second kappa shape index (κ2) is 2.40. The third-order valence-corrected chi connectivity index (χ3v) is 3.89. The Bertz CT molecular complexity index is 184. The van der Waals surface area contributed by atoms with Crippen molar-refractivity contribution in [2.75, 3.05) is 0 Å². The number of hydrogen-bond donors (Lipinski definition) is 0. The summed E-state index contributed by atoms with van der Waals surface area (Å²) in [7, 11) is 0. The Balaban J connectivity index is 2.81. The van der Waals surface area contributed by atoms with Crippen molar-refractivity contribution in [3.8, 4) is 0 Å². The van der Waals surface area contributed by atoms with E-state index in [2.05, 4.69) is 27.7 Å². The molecule has 1 saturated heterocycles. The zero-order chi connectivity index (χ0) is 8.86. The van der Waals surface area contributed by atoms with Crippen molar-refractivity contribution in [1.29, 1.82) is 0 Å². The van der Waals surface area contributed by atoms with Gasteiger partial charge in [-0.15, -0.1) is 11.8 Å². The van der Waals surface area contributed by atoms with Crippen molar-refractivity contribution in [3.63, 3.8) is 0 Å². The van der Waals surface area contributed by atoms with E-state index in [1.165, 1.54) is 0 Å². The zero-order valence-electron chi connectivity index (χ0n) is 7.27. The number of thioether (sulfide) groups is 1. The maximum Gasteiger partial charge on any atom is 0.227 e. The van der Waals surface area contributed by atoms with Crippen LogP contribution in [0.15, 0.2) is 0 Å². The van der Waals surface area contributed by atoms with Crippen LogP contribution in [0.1, 0.15) is 27.7 Å². The van der Waals surface area contributed by atoms with Gasteiger partial charge in [-0.3, -0.25) is 4.79 Å². The molecule has 0 bridgehead atoms. The van der Waals surface area contributed by atoms with E-state index in [-0.39, 0.29) is 20.7 Å². The lowest BCUT2D eigenvalue weighted by Gasteiger charge is -2.54. The number of hydrogen-bond acceptors (Lipinski definition) is 2. The Kier molecular flexibility index (Phi) is 2.05. The molecule has 0 unspecified atom stereocenters. The van der Waals surface area contributed by atoms with Gasteiger partial charge >= 0.3 is 0 Å². The van der Waals surface area contributed by atoms with Crippen molar-refractivity contribution in [1.82, 2.24) is 0 Å². The maximum absolute atomic E-state index is 11.0. The monoisotopic (exact) mass is 192 g/mol. The van der Waals surface area contributed by atoms with Crippen LogP contribution in [-0.2, 0) is 4.79 Å². The van der Waals surface area contributed by atoms with Crippen LogP contribution >= 0.6 is 23.4 Å². The van der Waals surface area contributed by atoms with Gasteiger partial charge in [-0.1, -0.05) is 0 Å². The third-order valence-electron chi connectivity index (χ3n) is 2.14. The van der Waals surface area contributed by atoms with E-state index in [4.69, 9.17) is 11.6 Å². The first-order valence-electron chi connectivity index (χ1n) is 3.67. The van der Waals surface area contributed by atoms with Gasteiger partial charge in [0.1, 0.15) is 0 Å². The molecule has 0 radical (unpaired) electrons. The molecule has 0 atom stereocenters. The fourth-order valence-corrected chi connectivity index (χ4v) is 5.01. The zero-order valence-corrected chi connectivity index (χ0v) is 8.84. The highest BCUT2D eigenvalue weighted by molar-refractivity contribution is 8.03. The van der Waals surface area contributed by atoms with Crippen molar-refractivity contribution in [3.05, 3.63) is 0 Å². The first kappa shape index (κ1) is 9.40. The molecule has 3 heteroatoms. The first-order chi connectivity index (χ1) is 4.77. The predicted octanol–water partition coefficient (Wildman–Crippen LogP) is 2.67. The van der Waals surface area contributed by atoms with Gasteiger partial charge in [-0.2, -0.15) is 0 Å². The topological polar surface area (TPSA) is 17.1 Å². The number of rotatable bonds is 1. The van der Waals surface area contributed by atoms with Gasteiger partial charge in [0.25, 0.3) is 0 Å². The standard InChI is InChI=1S/C8H13ClOS/c1-7(2)5(6(9)10)8(3,4)11-7/h5H,1-4H3. The Hall–Kier alpha value is 0.310. The molecule has 1 rings (SSSR count).